The summed E-state index contributed by atoms with van der Waals surface area (Å²) >= 11 is 0. The van der Waals surface area contributed by atoms with E-state index in [1.807, 2.05) is 13.8 Å². The molecule has 2 heterocycles. The Kier molecular flexibility index (Phi) is 5.97. The maximum atomic E-state index is 12.7. The van der Waals surface area contributed by atoms with Crippen LogP contribution >= 0.6 is 0 Å². The maximum absolute atomic E-state index is 12.7. The van der Waals surface area contributed by atoms with Crippen LogP contribution in [0.1, 0.15) is 26.7 Å². The van der Waals surface area contributed by atoms with Crippen molar-refractivity contribution in [3.05, 3.63) is 18.2 Å². The van der Waals surface area contributed by atoms with E-state index in [1.54, 1.807) is 18.2 Å². The number of ether oxygens (including phenoxy) is 2. The van der Waals surface area contributed by atoms with Gasteiger partial charge in [0.25, 0.3) is 0 Å². The Morgan fingerprint density at radius 2 is 1.96 bits per heavy atom. The van der Waals surface area contributed by atoms with Crippen molar-refractivity contribution in [2.75, 3.05) is 23.6 Å². The molecular formula is C18H25N3O6S. The van der Waals surface area contributed by atoms with Crippen LogP contribution in [0, 0.1) is 5.92 Å². The van der Waals surface area contributed by atoms with Crippen molar-refractivity contribution in [1.29, 1.82) is 0 Å². The number of amides is 3. The van der Waals surface area contributed by atoms with Gasteiger partial charge in [0.05, 0.1) is 11.5 Å². The number of carbonyl (C=O) groups is 2. The van der Waals surface area contributed by atoms with Crippen molar-refractivity contribution in [3.8, 4) is 11.5 Å². The highest BCUT2D eigenvalue weighted by Gasteiger charge is 2.30. The number of hydrogen-bond acceptors (Lipinski definition) is 6. The summed E-state index contributed by atoms with van der Waals surface area (Å²) < 4.78 is 33.6. The first-order valence-corrected chi connectivity index (χ1v) is 11.0. The molecule has 3 rings (SSSR count). The Balaban J connectivity index is 1.60. The zero-order chi connectivity index (χ0) is 20.3. The highest BCUT2D eigenvalue weighted by Crippen LogP contribution is 2.34. The van der Waals surface area contributed by atoms with E-state index in [0.717, 1.165) is 0 Å². The van der Waals surface area contributed by atoms with Crippen LogP contribution in [0.4, 0.5) is 10.5 Å². The molecule has 0 bridgehead atoms. The molecule has 0 radical (unpaired) electrons. The Labute approximate surface area is 164 Å². The fourth-order valence-electron chi connectivity index (χ4n) is 3.20. The van der Waals surface area contributed by atoms with Gasteiger partial charge >= 0.3 is 6.03 Å². The predicted molar refractivity (Wildman–Crippen MR) is 103 cm³/mol. The van der Waals surface area contributed by atoms with Crippen LogP contribution in [0.5, 0.6) is 11.5 Å². The van der Waals surface area contributed by atoms with Crippen molar-refractivity contribution in [3.63, 3.8) is 0 Å². The zero-order valence-electron chi connectivity index (χ0n) is 15.9. The lowest BCUT2D eigenvalue weighted by atomic mass is 10.0. The van der Waals surface area contributed by atoms with Crippen molar-refractivity contribution >= 4 is 27.5 Å². The first-order valence-electron chi connectivity index (χ1n) is 9.20. The lowest BCUT2D eigenvalue weighted by molar-refractivity contribution is -0.118. The molecule has 0 spiro atoms. The number of hydrogen-bond donors (Lipinski definition) is 3. The van der Waals surface area contributed by atoms with Crippen LogP contribution < -0.4 is 25.4 Å². The minimum atomic E-state index is -3.09. The molecule has 1 fully saturated rings. The predicted octanol–water partition coefficient (Wildman–Crippen LogP) is 1.25. The molecule has 0 saturated carbocycles. The summed E-state index contributed by atoms with van der Waals surface area (Å²) in [7, 11) is -3.09. The summed E-state index contributed by atoms with van der Waals surface area (Å²) in [6.07, 6.45) is 0.820. The van der Waals surface area contributed by atoms with Crippen molar-refractivity contribution in [2.24, 2.45) is 5.92 Å². The fourth-order valence-corrected chi connectivity index (χ4v) is 4.87. The quantitative estimate of drug-likeness (QED) is 0.648. The van der Waals surface area contributed by atoms with Gasteiger partial charge in [-0.15, -0.1) is 0 Å². The van der Waals surface area contributed by atoms with Crippen molar-refractivity contribution < 1.29 is 27.5 Å². The van der Waals surface area contributed by atoms with E-state index in [9.17, 15) is 18.0 Å². The van der Waals surface area contributed by atoms with Gasteiger partial charge in [0.2, 0.25) is 12.7 Å². The second-order valence-electron chi connectivity index (χ2n) is 7.46. The number of rotatable bonds is 6. The lowest BCUT2D eigenvalue weighted by Gasteiger charge is -2.21. The molecule has 3 N–H and O–H groups in total. The minimum absolute atomic E-state index is 0.0674. The van der Waals surface area contributed by atoms with Gasteiger partial charge in [-0.25, -0.2) is 13.2 Å². The van der Waals surface area contributed by atoms with Gasteiger partial charge in [-0.3, -0.25) is 4.79 Å². The minimum Gasteiger partial charge on any atom is -0.454 e. The van der Waals surface area contributed by atoms with Crippen LogP contribution in [0.15, 0.2) is 18.2 Å². The standard InChI is InChI=1S/C18H25N3O6S/c1-11(2)7-14(21-18(23)20-13-5-6-28(24,25)9-13)17(22)19-12-3-4-15-16(8-12)27-10-26-15/h3-4,8,11,13-14H,5-7,9-10H2,1-2H3,(H,19,22)(H2,20,21,23)/t13?,14-/m1/s1. The molecule has 1 aromatic carbocycles. The topological polar surface area (TPSA) is 123 Å². The Hall–Kier alpha value is -2.49. The van der Waals surface area contributed by atoms with E-state index in [4.69, 9.17) is 9.47 Å². The third-order valence-corrected chi connectivity index (χ3v) is 6.30. The van der Waals surface area contributed by atoms with E-state index in [0.29, 0.717) is 30.0 Å². The van der Waals surface area contributed by atoms with Crippen LogP contribution in [0.3, 0.4) is 0 Å². The molecule has 154 valence electrons. The van der Waals surface area contributed by atoms with E-state index >= 15 is 0 Å². The van der Waals surface area contributed by atoms with Gasteiger partial charge in [-0.05, 0) is 30.9 Å². The Bertz CT molecular complexity index is 855. The third-order valence-electron chi connectivity index (χ3n) is 4.54. The molecule has 2 aliphatic rings. The maximum Gasteiger partial charge on any atom is 0.315 e. The molecule has 2 atom stereocenters. The number of carbonyl (C=O) groups excluding carboxylic acids is 2. The molecule has 2 aliphatic heterocycles. The normalized spacial score (nSPS) is 20.6. The zero-order valence-corrected chi connectivity index (χ0v) is 16.7. The Morgan fingerprint density at radius 3 is 2.64 bits per heavy atom. The number of anilines is 1. The lowest BCUT2D eigenvalue weighted by Crippen LogP contribution is -2.51. The molecule has 3 amide bonds. The third kappa shape index (κ3) is 5.28. The molecule has 9 nitrogen and oxygen atoms in total. The van der Waals surface area contributed by atoms with Crippen LogP contribution in [-0.2, 0) is 14.6 Å². The molecule has 10 heteroatoms. The monoisotopic (exact) mass is 411 g/mol. The van der Waals surface area contributed by atoms with Gasteiger partial charge in [-0.2, -0.15) is 0 Å². The first-order chi connectivity index (χ1) is 13.2. The Morgan fingerprint density at radius 1 is 1.21 bits per heavy atom. The summed E-state index contributed by atoms with van der Waals surface area (Å²) in [5, 5.41) is 8.08. The molecule has 1 unspecified atom stereocenters. The van der Waals surface area contributed by atoms with Crippen molar-refractivity contribution in [2.45, 2.75) is 38.8 Å². The van der Waals surface area contributed by atoms with E-state index in [-0.39, 0.29) is 30.1 Å². The summed E-state index contributed by atoms with van der Waals surface area (Å²) in [4.78, 5) is 25.0. The molecule has 1 aromatic rings. The van der Waals surface area contributed by atoms with E-state index in [2.05, 4.69) is 16.0 Å². The van der Waals surface area contributed by atoms with Gasteiger partial charge < -0.3 is 25.4 Å². The molecule has 0 aromatic heterocycles. The molecular weight excluding hydrogens is 386 g/mol. The number of sulfone groups is 1. The highest BCUT2D eigenvalue weighted by atomic mass is 32.2. The van der Waals surface area contributed by atoms with Crippen LogP contribution in [-0.4, -0.2) is 50.7 Å². The van der Waals surface area contributed by atoms with E-state index in [1.165, 1.54) is 0 Å². The average molecular weight is 411 g/mol. The molecule has 1 saturated heterocycles. The van der Waals surface area contributed by atoms with Crippen LogP contribution in [0.2, 0.25) is 0 Å². The van der Waals surface area contributed by atoms with Gasteiger partial charge in [-0.1, -0.05) is 13.8 Å². The largest absolute Gasteiger partial charge is 0.454 e. The second kappa shape index (κ2) is 8.26. The van der Waals surface area contributed by atoms with Gasteiger partial charge in [0, 0.05) is 17.8 Å². The summed E-state index contributed by atoms with van der Waals surface area (Å²) in [6, 6.07) is 3.33. The second-order valence-corrected chi connectivity index (χ2v) is 9.69. The van der Waals surface area contributed by atoms with Crippen molar-refractivity contribution in [1.82, 2.24) is 10.6 Å². The molecule has 28 heavy (non-hydrogen) atoms. The average Bonchev–Trinajstić information content (AvgIpc) is 3.19. The summed E-state index contributed by atoms with van der Waals surface area (Å²) in [5.74, 6) is 0.963. The smallest absolute Gasteiger partial charge is 0.315 e. The number of fused-ring (bicyclic) bond motifs is 1. The molecule has 0 aliphatic carbocycles. The number of nitrogens with one attached hydrogen (secondary N) is 3. The highest BCUT2D eigenvalue weighted by molar-refractivity contribution is 7.91. The number of benzene rings is 1. The van der Waals surface area contributed by atoms with E-state index < -0.39 is 28.0 Å². The SMILES string of the molecule is CC(C)C[C@@H](NC(=O)NC1CCS(=O)(=O)C1)C(=O)Nc1ccc2c(c1)OCO2. The fraction of sp³-hybridized carbons (Fsp3) is 0.556. The van der Waals surface area contributed by atoms with Gasteiger partial charge in [0.15, 0.2) is 21.3 Å². The summed E-state index contributed by atoms with van der Waals surface area (Å²) in [5.41, 5.74) is 0.534. The number of urea groups is 1. The first kappa shape index (κ1) is 20.2. The van der Waals surface area contributed by atoms with Crippen LogP contribution in [0.25, 0.3) is 0 Å². The summed E-state index contributed by atoms with van der Waals surface area (Å²) in [6.45, 7) is 4.04. The van der Waals surface area contributed by atoms with Gasteiger partial charge in [0.1, 0.15) is 6.04 Å².